The lowest BCUT2D eigenvalue weighted by Gasteiger charge is -2.07. The molecule has 6 heteroatoms. The predicted molar refractivity (Wildman–Crippen MR) is 71.6 cm³/mol. The number of nitrogens with zero attached hydrogens (tertiary/aromatic N) is 2. The fourth-order valence-corrected chi connectivity index (χ4v) is 2.99. The Kier molecular flexibility index (Phi) is 4.11. The Morgan fingerprint density at radius 3 is 2.79 bits per heavy atom. The van der Waals surface area contributed by atoms with Gasteiger partial charge in [-0.3, -0.25) is 4.21 Å². The fraction of sp³-hybridized carbons (Fsp3) is 0.231. The molecule has 1 unspecified atom stereocenters. The van der Waals surface area contributed by atoms with Crippen LogP contribution in [0.25, 0.3) is 0 Å². The van der Waals surface area contributed by atoms with E-state index in [4.69, 9.17) is 5.11 Å². The van der Waals surface area contributed by atoms with Gasteiger partial charge in [-0.1, -0.05) is 12.1 Å². The second-order valence-electron chi connectivity index (χ2n) is 4.02. The van der Waals surface area contributed by atoms with Gasteiger partial charge in [0, 0.05) is 24.7 Å². The summed E-state index contributed by atoms with van der Waals surface area (Å²) in [5.41, 5.74) is 0.100. The molecule has 1 N–H and O–H groups in total. The van der Waals surface area contributed by atoms with E-state index in [1.54, 1.807) is 24.4 Å². The second-order valence-corrected chi connectivity index (χ2v) is 5.56. The number of carbonyl (C=O) groups is 1. The molecule has 1 heterocycles. The Morgan fingerprint density at radius 1 is 1.42 bits per heavy atom. The maximum absolute atomic E-state index is 12.2. The zero-order valence-corrected chi connectivity index (χ0v) is 11.3. The first-order valence-corrected chi connectivity index (χ1v) is 7.10. The molecule has 100 valence electrons. The van der Waals surface area contributed by atoms with Crippen LogP contribution in [0.4, 0.5) is 0 Å². The van der Waals surface area contributed by atoms with E-state index >= 15 is 0 Å². The lowest BCUT2D eigenvalue weighted by Crippen LogP contribution is -2.11. The zero-order chi connectivity index (χ0) is 13.8. The van der Waals surface area contributed by atoms with E-state index in [0.29, 0.717) is 17.2 Å². The second kappa shape index (κ2) is 5.79. The number of rotatable bonds is 5. The number of aromatic nitrogens is 2. The maximum atomic E-state index is 12.2. The van der Waals surface area contributed by atoms with Gasteiger partial charge in [-0.25, -0.2) is 9.78 Å². The number of aryl methyl sites for hydroxylation is 2. The van der Waals surface area contributed by atoms with Gasteiger partial charge in [0.15, 0.2) is 0 Å². The number of carboxylic acid groups (broad SMARTS) is 1. The molecule has 0 fully saturated rings. The van der Waals surface area contributed by atoms with Crippen LogP contribution in [0.3, 0.4) is 0 Å². The van der Waals surface area contributed by atoms with Crippen LogP contribution in [0, 0.1) is 6.92 Å². The summed E-state index contributed by atoms with van der Waals surface area (Å²) in [6.07, 6.45) is 3.50. The lowest BCUT2D eigenvalue weighted by molar-refractivity contribution is 0.0693. The minimum absolute atomic E-state index is 0.100. The summed E-state index contributed by atoms with van der Waals surface area (Å²) < 4.78 is 14.1. The van der Waals surface area contributed by atoms with Crippen LogP contribution >= 0.6 is 0 Å². The van der Waals surface area contributed by atoms with E-state index in [-0.39, 0.29) is 5.56 Å². The van der Waals surface area contributed by atoms with Crippen molar-refractivity contribution in [1.29, 1.82) is 0 Å². The monoisotopic (exact) mass is 278 g/mol. The van der Waals surface area contributed by atoms with Gasteiger partial charge in [0.05, 0.1) is 21.3 Å². The summed E-state index contributed by atoms with van der Waals surface area (Å²) in [7, 11) is -1.34. The minimum Gasteiger partial charge on any atom is -0.478 e. The maximum Gasteiger partial charge on any atom is 0.336 e. The van der Waals surface area contributed by atoms with E-state index in [0.717, 1.165) is 5.82 Å². The Bertz CT molecular complexity index is 622. The summed E-state index contributed by atoms with van der Waals surface area (Å²) in [5, 5.41) is 9.06. The number of hydrogen-bond acceptors (Lipinski definition) is 3. The third-order valence-electron chi connectivity index (χ3n) is 2.80. The first-order chi connectivity index (χ1) is 9.09. The van der Waals surface area contributed by atoms with Crippen molar-refractivity contribution in [3.63, 3.8) is 0 Å². The molecule has 0 saturated carbocycles. The molecular formula is C13H14N2O3S. The lowest BCUT2D eigenvalue weighted by atomic mass is 10.2. The molecule has 1 aromatic carbocycles. The average molecular weight is 278 g/mol. The van der Waals surface area contributed by atoms with Crippen LogP contribution in [0.15, 0.2) is 41.6 Å². The van der Waals surface area contributed by atoms with E-state index in [1.807, 2.05) is 17.7 Å². The minimum atomic E-state index is -1.34. The van der Waals surface area contributed by atoms with Crippen molar-refractivity contribution in [3.8, 4) is 0 Å². The summed E-state index contributed by atoms with van der Waals surface area (Å²) in [4.78, 5) is 15.5. The van der Waals surface area contributed by atoms with E-state index in [1.165, 1.54) is 6.07 Å². The Hall–Kier alpha value is -1.95. The zero-order valence-electron chi connectivity index (χ0n) is 10.4. The van der Waals surface area contributed by atoms with Gasteiger partial charge in [-0.15, -0.1) is 0 Å². The third kappa shape index (κ3) is 3.08. The summed E-state index contributed by atoms with van der Waals surface area (Å²) >= 11 is 0. The molecule has 2 aromatic rings. The molecule has 1 atom stereocenters. The first kappa shape index (κ1) is 13.5. The Balaban J connectivity index is 2.13. The molecule has 19 heavy (non-hydrogen) atoms. The number of imidazole rings is 1. The van der Waals surface area contributed by atoms with Gasteiger partial charge in [0.1, 0.15) is 5.82 Å². The van der Waals surface area contributed by atoms with Gasteiger partial charge in [0.2, 0.25) is 0 Å². The van der Waals surface area contributed by atoms with Crippen molar-refractivity contribution in [1.82, 2.24) is 9.55 Å². The third-order valence-corrected chi connectivity index (χ3v) is 4.20. The van der Waals surface area contributed by atoms with Crippen LogP contribution in [0.5, 0.6) is 0 Å². The van der Waals surface area contributed by atoms with Gasteiger partial charge in [0.25, 0.3) is 0 Å². The van der Waals surface area contributed by atoms with E-state index < -0.39 is 16.8 Å². The van der Waals surface area contributed by atoms with Crippen LogP contribution in [-0.2, 0) is 17.3 Å². The Labute approximate surface area is 113 Å². The molecule has 0 aliphatic rings. The van der Waals surface area contributed by atoms with Crippen molar-refractivity contribution in [2.24, 2.45) is 0 Å². The quantitative estimate of drug-likeness (QED) is 0.903. The topological polar surface area (TPSA) is 72.2 Å². The molecule has 1 aromatic heterocycles. The van der Waals surface area contributed by atoms with E-state index in [2.05, 4.69) is 4.98 Å². The number of hydrogen-bond donors (Lipinski definition) is 1. The molecule has 0 aliphatic carbocycles. The van der Waals surface area contributed by atoms with Gasteiger partial charge in [-0.05, 0) is 19.1 Å². The smallest absolute Gasteiger partial charge is 0.336 e. The van der Waals surface area contributed by atoms with Crippen LogP contribution < -0.4 is 0 Å². The summed E-state index contributed by atoms with van der Waals surface area (Å²) in [6, 6.07) is 6.39. The Morgan fingerprint density at radius 2 is 2.16 bits per heavy atom. The van der Waals surface area contributed by atoms with E-state index in [9.17, 15) is 9.00 Å². The van der Waals surface area contributed by atoms with Gasteiger partial charge >= 0.3 is 5.97 Å². The van der Waals surface area contributed by atoms with Gasteiger partial charge < -0.3 is 9.67 Å². The van der Waals surface area contributed by atoms with Crippen molar-refractivity contribution < 1.29 is 14.1 Å². The first-order valence-electron chi connectivity index (χ1n) is 5.78. The molecule has 0 saturated heterocycles. The molecule has 0 aliphatic heterocycles. The van der Waals surface area contributed by atoms with Crippen molar-refractivity contribution in [3.05, 3.63) is 48.0 Å². The predicted octanol–water partition coefficient (Wildman–Crippen LogP) is 1.70. The molecular weight excluding hydrogens is 264 g/mol. The van der Waals surface area contributed by atoms with Crippen molar-refractivity contribution in [2.75, 3.05) is 5.75 Å². The molecule has 0 bridgehead atoms. The molecule has 0 spiro atoms. The largest absolute Gasteiger partial charge is 0.478 e. The van der Waals surface area contributed by atoms with Crippen LogP contribution in [-0.4, -0.2) is 30.6 Å². The number of benzene rings is 1. The molecule has 2 rings (SSSR count). The van der Waals surface area contributed by atoms with Crippen LogP contribution in [0.2, 0.25) is 0 Å². The summed E-state index contributed by atoms with van der Waals surface area (Å²) in [5.74, 6) is 0.160. The molecule has 0 radical (unpaired) electrons. The van der Waals surface area contributed by atoms with Gasteiger partial charge in [-0.2, -0.15) is 0 Å². The molecule has 5 nitrogen and oxygen atoms in total. The highest BCUT2D eigenvalue weighted by atomic mass is 32.2. The standard InChI is InChI=1S/C13H14N2O3S/c1-10-14-6-7-15(10)8-9-19(18)12-5-3-2-4-11(12)13(16)17/h2-7H,8-9H2,1H3,(H,16,17). The average Bonchev–Trinajstić information content (AvgIpc) is 2.81. The number of aromatic carboxylic acids is 1. The normalized spacial score (nSPS) is 12.3. The summed E-state index contributed by atoms with van der Waals surface area (Å²) in [6.45, 7) is 2.42. The fourth-order valence-electron chi connectivity index (χ4n) is 1.77. The molecule has 0 amide bonds. The highest BCUT2D eigenvalue weighted by Crippen LogP contribution is 2.14. The highest BCUT2D eigenvalue weighted by molar-refractivity contribution is 7.85. The number of carboxylic acids is 1. The van der Waals surface area contributed by atoms with Crippen LogP contribution in [0.1, 0.15) is 16.2 Å². The van der Waals surface area contributed by atoms with Crippen molar-refractivity contribution >= 4 is 16.8 Å². The van der Waals surface area contributed by atoms with Crippen molar-refractivity contribution in [2.45, 2.75) is 18.4 Å². The SMILES string of the molecule is Cc1nccn1CCS(=O)c1ccccc1C(=O)O. The highest BCUT2D eigenvalue weighted by Gasteiger charge is 2.14.